The van der Waals surface area contributed by atoms with Crippen LogP contribution in [-0.2, 0) is 9.53 Å². The van der Waals surface area contributed by atoms with Crippen LogP contribution in [0, 0.1) is 17.6 Å². The van der Waals surface area contributed by atoms with Gasteiger partial charge in [0.15, 0.2) is 11.6 Å². The van der Waals surface area contributed by atoms with Crippen molar-refractivity contribution in [2.45, 2.75) is 38.2 Å². The molecule has 1 aliphatic heterocycles. The first-order chi connectivity index (χ1) is 11.6. The van der Waals surface area contributed by atoms with Gasteiger partial charge in [0, 0.05) is 31.4 Å². The minimum atomic E-state index is -0.830. The lowest BCUT2D eigenvalue weighted by Gasteiger charge is -2.19. The van der Waals surface area contributed by atoms with Crippen molar-refractivity contribution in [3.63, 3.8) is 0 Å². The largest absolute Gasteiger partial charge is 0.371 e. The fourth-order valence-corrected chi connectivity index (χ4v) is 3.47. The van der Waals surface area contributed by atoms with Crippen molar-refractivity contribution in [1.29, 1.82) is 0 Å². The molecule has 0 spiro atoms. The molecule has 3 rings (SSSR count). The van der Waals surface area contributed by atoms with Gasteiger partial charge in [0.05, 0.1) is 6.10 Å². The second kappa shape index (κ2) is 7.92. The summed E-state index contributed by atoms with van der Waals surface area (Å²) in [5.74, 6) is -1.42. The smallest absolute Gasteiger partial charge is 0.246 e. The van der Waals surface area contributed by atoms with E-state index >= 15 is 0 Å². The first kappa shape index (κ1) is 17.1. The fraction of sp³-hybridized carbons (Fsp3) is 0.611. The molecule has 1 aromatic rings. The highest BCUT2D eigenvalue weighted by Crippen LogP contribution is 2.25. The number of hydrogen-bond donors (Lipinski definition) is 1. The molecule has 0 bridgehead atoms. The minimum absolute atomic E-state index is 0.0758. The van der Waals surface area contributed by atoms with E-state index in [4.69, 9.17) is 4.74 Å². The van der Waals surface area contributed by atoms with Gasteiger partial charge in [-0.25, -0.2) is 8.78 Å². The van der Waals surface area contributed by atoms with Gasteiger partial charge in [-0.1, -0.05) is 12.8 Å². The zero-order valence-electron chi connectivity index (χ0n) is 13.8. The second-order valence-corrected chi connectivity index (χ2v) is 6.72. The van der Waals surface area contributed by atoms with E-state index in [1.165, 1.54) is 18.9 Å². The van der Waals surface area contributed by atoms with Crippen molar-refractivity contribution in [2.75, 3.05) is 31.1 Å². The molecular weight excluding hydrogens is 314 g/mol. The number of halogens is 2. The molecular formula is C18H24F2N2O2. The molecule has 1 saturated heterocycles. The first-order valence-corrected chi connectivity index (χ1v) is 8.70. The van der Waals surface area contributed by atoms with Crippen LogP contribution in [0.1, 0.15) is 32.1 Å². The topological polar surface area (TPSA) is 41.6 Å². The van der Waals surface area contributed by atoms with E-state index in [9.17, 15) is 13.6 Å². The van der Waals surface area contributed by atoms with Crippen molar-refractivity contribution in [2.24, 2.45) is 5.92 Å². The Balaban J connectivity index is 1.39. The Morgan fingerprint density at radius 3 is 2.75 bits per heavy atom. The van der Waals surface area contributed by atoms with Gasteiger partial charge in [0.1, 0.15) is 6.61 Å². The lowest BCUT2D eigenvalue weighted by atomic mass is 10.1. The molecule has 6 heteroatoms. The molecule has 1 atom stereocenters. The molecule has 1 aromatic carbocycles. The highest BCUT2D eigenvalue weighted by molar-refractivity contribution is 5.77. The van der Waals surface area contributed by atoms with Crippen LogP contribution in [0.5, 0.6) is 0 Å². The van der Waals surface area contributed by atoms with E-state index in [1.807, 2.05) is 4.90 Å². The summed E-state index contributed by atoms with van der Waals surface area (Å²) in [6, 6.07) is 3.97. The molecule has 24 heavy (non-hydrogen) atoms. The minimum Gasteiger partial charge on any atom is -0.371 e. The highest BCUT2D eigenvalue weighted by Gasteiger charge is 2.24. The predicted octanol–water partition coefficient (Wildman–Crippen LogP) is 2.87. The van der Waals surface area contributed by atoms with Crippen LogP contribution in [0.3, 0.4) is 0 Å². The molecule has 1 aliphatic carbocycles. The number of ether oxygens (including phenoxy) is 1. The molecule has 0 radical (unpaired) electrons. The molecule has 4 nitrogen and oxygen atoms in total. The summed E-state index contributed by atoms with van der Waals surface area (Å²) >= 11 is 0. The third kappa shape index (κ3) is 4.44. The van der Waals surface area contributed by atoms with Crippen LogP contribution in [0.15, 0.2) is 18.2 Å². The second-order valence-electron chi connectivity index (χ2n) is 6.72. The van der Waals surface area contributed by atoms with Gasteiger partial charge in [-0.3, -0.25) is 4.79 Å². The maximum absolute atomic E-state index is 13.3. The van der Waals surface area contributed by atoms with Gasteiger partial charge in [-0.2, -0.15) is 0 Å². The number of anilines is 1. The number of carbonyl (C=O) groups excluding carboxylic acids is 1. The Bertz CT molecular complexity index is 576. The number of carbonyl (C=O) groups is 1. The molecule has 132 valence electrons. The van der Waals surface area contributed by atoms with Crippen LogP contribution in [0.2, 0.25) is 0 Å². The standard InChI is InChI=1S/C18H24F2N2O2/c19-16-6-5-14(9-17(16)20)22-8-7-13(11-22)10-21-18(23)12-24-15-3-1-2-4-15/h5-6,9,13,15H,1-4,7-8,10-12H2,(H,21,23)/t13-/m0/s1. The average molecular weight is 338 g/mol. The highest BCUT2D eigenvalue weighted by atomic mass is 19.2. The van der Waals surface area contributed by atoms with Gasteiger partial charge in [0.25, 0.3) is 0 Å². The summed E-state index contributed by atoms with van der Waals surface area (Å²) in [7, 11) is 0. The fourth-order valence-electron chi connectivity index (χ4n) is 3.47. The van der Waals surface area contributed by atoms with Gasteiger partial charge in [0.2, 0.25) is 5.91 Å². The summed E-state index contributed by atoms with van der Waals surface area (Å²) in [4.78, 5) is 13.9. The molecule has 1 N–H and O–H groups in total. The predicted molar refractivity (Wildman–Crippen MR) is 87.9 cm³/mol. The first-order valence-electron chi connectivity index (χ1n) is 8.70. The third-order valence-electron chi connectivity index (χ3n) is 4.89. The van der Waals surface area contributed by atoms with E-state index in [0.717, 1.165) is 38.4 Å². The Morgan fingerprint density at radius 1 is 1.21 bits per heavy atom. The Labute approximate surface area is 141 Å². The van der Waals surface area contributed by atoms with Gasteiger partial charge in [-0.05, 0) is 37.3 Å². The van der Waals surface area contributed by atoms with Crippen LogP contribution in [-0.4, -0.2) is 38.3 Å². The molecule has 1 saturated carbocycles. The number of hydrogen-bond acceptors (Lipinski definition) is 3. The Hall–Kier alpha value is -1.69. The number of nitrogens with zero attached hydrogens (tertiary/aromatic N) is 1. The van der Waals surface area contributed by atoms with Crippen LogP contribution in [0.4, 0.5) is 14.5 Å². The Kier molecular flexibility index (Phi) is 5.66. The molecule has 0 unspecified atom stereocenters. The molecule has 0 aromatic heterocycles. The van der Waals surface area contributed by atoms with E-state index in [0.29, 0.717) is 18.2 Å². The lowest BCUT2D eigenvalue weighted by Crippen LogP contribution is -2.34. The van der Waals surface area contributed by atoms with Gasteiger partial charge in [-0.15, -0.1) is 0 Å². The van der Waals surface area contributed by atoms with Crippen molar-refractivity contribution >= 4 is 11.6 Å². The summed E-state index contributed by atoms with van der Waals surface area (Å²) in [6.07, 6.45) is 5.65. The maximum atomic E-state index is 13.3. The van der Waals surface area contributed by atoms with Crippen molar-refractivity contribution < 1.29 is 18.3 Å². The SMILES string of the molecule is O=C(COC1CCCC1)NC[C@@H]1CCN(c2ccc(F)c(F)c2)C1. The number of benzene rings is 1. The van der Waals surface area contributed by atoms with Gasteiger partial charge >= 0.3 is 0 Å². The monoisotopic (exact) mass is 338 g/mol. The van der Waals surface area contributed by atoms with Gasteiger partial charge < -0.3 is 15.0 Å². The van der Waals surface area contributed by atoms with Crippen molar-refractivity contribution in [1.82, 2.24) is 5.32 Å². The van der Waals surface area contributed by atoms with E-state index in [2.05, 4.69) is 5.32 Å². The zero-order valence-corrected chi connectivity index (χ0v) is 13.8. The normalized spacial score (nSPS) is 21.4. The molecule has 1 amide bonds. The zero-order chi connectivity index (χ0) is 16.9. The average Bonchev–Trinajstić information content (AvgIpc) is 3.25. The maximum Gasteiger partial charge on any atom is 0.246 e. The van der Waals surface area contributed by atoms with Crippen LogP contribution in [0.25, 0.3) is 0 Å². The van der Waals surface area contributed by atoms with E-state index in [-0.39, 0.29) is 18.6 Å². The number of rotatable bonds is 6. The van der Waals surface area contributed by atoms with Crippen LogP contribution < -0.4 is 10.2 Å². The van der Waals surface area contributed by atoms with E-state index < -0.39 is 11.6 Å². The quantitative estimate of drug-likeness (QED) is 0.867. The summed E-state index contributed by atoms with van der Waals surface area (Å²) < 4.78 is 31.9. The van der Waals surface area contributed by atoms with Crippen molar-refractivity contribution in [3.05, 3.63) is 29.8 Å². The van der Waals surface area contributed by atoms with Crippen molar-refractivity contribution in [3.8, 4) is 0 Å². The number of amides is 1. The van der Waals surface area contributed by atoms with E-state index in [1.54, 1.807) is 6.07 Å². The molecule has 2 fully saturated rings. The summed E-state index contributed by atoms with van der Waals surface area (Å²) in [5, 5.41) is 2.92. The third-order valence-corrected chi connectivity index (χ3v) is 4.89. The summed E-state index contributed by atoms with van der Waals surface area (Å²) in [6.45, 7) is 2.23. The number of nitrogens with one attached hydrogen (secondary N) is 1. The van der Waals surface area contributed by atoms with Crippen LogP contribution >= 0.6 is 0 Å². The summed E-state index contributed by atoms with van der Waals surface area (Å²) in [5.41, 5.74) is 0.687. The molecule has 2 aliphatic rings. The Morgan fingerprint density at radius 2 is 2.00 bits per heavy atom. The molecule has 1 heterocycles. The lowest BCUT2D eigenvalue weighted by molar-refractivity contribution is -0.127.